The van der Waals surface area contributed by atoms with Gasteiger partial charge >= 0.3 is 0 Å². The fourth-order valence-corrected chi connectivity index (χ4v) is 3.53. The van der Waals surface area contributed by atoms with Crippen LogP contribution in [0.15, 0.2) is 29.3 Å². The second-order valence-corrected chi connectivity index (χ2v) is 6.77. The van der Waals surface area contributed by atoms with Gasteiger partial charge in [0.25, 0.3) is 0 Å². The van der Waals surface area contributed by atoms with Crippen molar-refractivity contribution in [1.82, 2.24) is 10.6 Å². The first-order valence-corrected chi connectivity index (χ1v) is 9.30. The molecule has 5 heteroatoms. The maximum Gasteiger partial charge on any atom is 0.191 e. The van der Waals surface area contributed by atoms with Crippen molar-refractivity contribution >= 4 is 29.9 Å². The summed E-state index contributed by atoms with van der Waals surface area (Å²) < 4.78 is 5.64. The zero-order chi connectivity index (χ0) is 17.3. The summed E-state index contributed by atoms with van der Waals surface area (Å²) in [5.41, 5.74) is 2.94. The summed E-state index contributed by atoms with van der Waals surface area (Å²) in [7, 11) is 1.85. The number of hydrogen-bond acceptors (Lipinski definition) is 2. The topological polar surface area (TPSA) is 45.7 Å². The highest BCUT2D eigenvalue weighted by atomic mass is 127. The third-order valence-electron chi connectivity index (χ3n) is 5.06. The average Bonchev–Trinajstić information content (AvgIpc) is 2.62. The molecule has 0 aromatic heterocycles. The number of benzene rings is 1. The Bertz CT molecular complexity index is 527. The van der Waals surface area contributed by atoms with Crippen LogP contribution in [0.2, 0.25) is 0 Å². The minimum atomic E-state index is 0. The van der Waals surface area contributed by atoms with E-state index in [0.717, 1.165) is 45.1 Å². The normalized spacial score (nSPS) is 16.8. The molecule has 0 bridgehead atoms. The summed E-state index contributed by atoms with van der Waals surface area (Å²) >= 11 is 0. The lowest BCUT2D eigenvalue weighted by Crippen LogP contribution is -2.48. The first-order valence-electron chi connectivity index (χ1n) is 9.30. The molecule has 0 atom stereocenters. The van der Waals surface area contributed by atoms with Gasteiger partial charge in [0.15, 0.2) is 5.96 Å². The lowest BCUT2D eigenvalue weighted by molar-refractivity contribution is 0.0512. The maximum absolute atomic E-state index is 5.64. The summed E-state index contributed by atoms with van der Waals surface area (Å²) in [4.78, 5) is 4.38. The van der Waals surface area contributed by atoms with Gasteiger partial charge < -0.3 is 15.4 Å². The highest BCUT2D eigenvalue weighted by Crippen LogP contribution is 2.36. The van der Waals surface area contributed by atoms with Crippen LogP contribution in [-0.2, 0) is 10.2 Å². The third-order valence-corrected chi connectivity index (χ3v) is 5.06. The molecular formula is C20H34IN3O. The van der Waals surface area contributed by atoms with Crippen LogP contribution in [0.3, 0.4) is 0 Å². The first-order chi connectivity index (χ1) is 11.7. The van der Waals surface area contributed by atoms with Gasteiger partial charge in [0.2, 0.25) is 0 Å². The van der Waals surface area contributed by atoms with Gasteiger partial charge in [-0.15, -0.1) is 24.0 Å². The Morgan fingerprint density at radius 2 is 1.88 bits per heavy atom. The molecule has 25 heavy (non-hydrogen) atoms. The van der Waals surface area contributed by atoms with E-state index < -0.39 is 0 Å². The Kier molecular flexibility index (Phi) is 10.4. The number of hydrogen-bond donors (Lipinski definition) is 2. The molecular weight excluding hydrogens is 425 g/mol. The monoisotopic (exact) mass is 459 g/mol. The summed E-state index contributed by atoms with van der Waals surface area (Å²) in [6.07, 6.45) is 5.79. The van der Waals surface area contributed by atoms with Crippen LogP contribution in [0.4, 0.5) is 0 Å². The second kappa shape index (κ2) is 11.7. The molecule has 1 fully saturated rings. The fraction of sp³-hybridized carbons (Fsp3) is 0.650. The SMILES string of the molecule is CCCCCNC(=NC)NCC1(c2ccccc2C)CCOCC1.I. The zero-order valence-corrected chi connectivity index (χ0v) is 18.3. The fourth-order valence-electron chi connectivity index (χ4n) is 3.53. The Balaban J connectivity index is 0.00000312. The van der Waals surface area contributed by atoms with Crippen LogP contribution in [0.1, 0.15) is 50.2 Å². The lowest BCUT2D eigenvalue weighted by atomic mass is 9.72. The van der Waals surface area contributed by atoms with E-state index in [2.05, 4.69) is 53.7 Å². The van der Waals surface area contributed by atoms with Crippen LogP contribution in [0.5, 0.6) is 0 Å². The van der Waals surface area contributed by atoms with Crippen LogP contribution in [-0.4, -0.2) is 39.3 Å². The molecule has 142 valence electrons. The Hall–Kier alpha value is -0.820. The number of nitrogens with one attached hydrogen (secondary N) is 2. The molecule has 0 amide bonds. The standard InChI is InChI=1S/C20H33N3O.HI/c1-4-5-8-13-22-19(21-3)23-16-20(11-14-24-15-12-20)18-10-7-6-9-17(18)2;/h6-7,9-10H,4-5,8,11-16H2,1-3H3,(H2,21,22,23);1H. The summed E-state index contributed by atoms with van der Waals surface area (Å²) in [6.45, 7) is 7.98. The first kappa shape index (κ1) is 22.2. The highest BCUT2D eigenvalue weighted by Gasteiger charge is 2.35. The van der Waals surface area contributed by atoms with E-state index in [9.17, 15) is 0 Å². The van der Waals surface area contributed by atoms with Gasteiger partial charge in [-0.25, -0.2) is 0 Å². The molecule has 0 unspecified atom stereocenters. The van der Waals surface area contributed by atoms with Crippen molar-refractivity contribution in [3.05, 3.63) is 35.4 Å². The highest BCUT2D eigenvalue weighted by molar-refractivity contribution is 14.0. The Morgan fingerprint density at radius 3 is 2.52 bits per heavy atom. The number of nitrogens with zero attached hydrogens (tertiary/aromatic N) is 1. The molecule has 4 nitrogen and oxygen atoms in total. The number of halogens is 1. The number of guanidine groups is 1. The Labute approximate surface area is 170 Å². The molecule has 2 rings (SSSR count). The molecule has 0 saturated carbocycles. The van der Waals surface area contributed by atoms with Gasteiger partial charge in [0.1, 0.15) is 0 Å². The van der Waals surface area contributed by atoms with Crippen LogP contribution in [0.25, 0.3) is 0 Å². The molecule has 2 N–H and O–H groups in total. The second-order valence-electron chi connectivity index (χ2n) is 6.77. The van der Waals surface area contributed by atoms with E-state index in [0.29, 0.717) is 0 Å². The molecule has 1 aromatic rings. The van der Waals surface area contributed by atoms with Crippen molar-refractivity contribution < 1.29 is 4.74 Å². The number of unbranched alkanes of at least 4 members (excludes halogenated alkanes) is 2. The molecule has 1 saturated heterocycles. The van der Waals surface area contributed by atoms with Gasteiger partial charge in [-0.1, -0.05) is 44.0 Å². The van der Waals surface area contributed by atoms with Gasteiger partial charge in [-0.3, -0.25) is 4.99 Å². The number of aryl methyl sites for hydroxylation is 1. The van der Waals surface area contributed by atoms with Crippen LogP contribution >= 0.6 is 24.0 Å². The lowest BCUT2D eigenvalue weighted by Gasteiger charge is -2.39. The molecule has 0 aliphatic carbocycles. The van der Waals surface area contributed by atoms with Gasteiger partial charge in [-0.05, 0) is 37.3 Å². The van der Waals surface area contributed by atoms with E-state index in [4.69, 9.17) is 4.74 Å². The van der Waals surface area contributed by atoms with Gasteiger partial charge in [0, 0.05) is 38.8 Å². The molecule has 0 radical (unpaired) electrons. The number of aliphatic imine (C=N–C) groups is 1. The van der Waals surface area contributed by atoms with E-state index in [1.807, 2.05) is 7.05 Å². The largest absolute Gasteiger partial charge is 0.381 e. The summed E-state index contributed by atoms with van der Waals surface area (Å²) in [6, 6.07) is 8.76. The van der Waals surface area contributed by atoms with Crippen molar-refractivity contribution in [3.63, 3.8) is 0 Å². The molecule has 1 aromatic carbocycles. The van der Waals surface area contributed by atoms with E-state index >= 15 is 0 Å². The van der Waals surface area contributed by atoms with Crippen LogP contribution in [0, 0.1) is 6.92 Å². The minimum Gasteiger partial charge on any atom is -0.381 e. The van der Waals surface area contributed by atoms with Crippen molar-refractivity contribution in [3.8, 4) is 0 Å². The smallest absolute Gasteiger partial charge is 0.191 e. The molecule has 1 aliphatic heterocycles. The molecule has 0 spiro atoms. The van der Waals surface area contributed by atoms with Crippen LogP contribution < -0.4 is 10.6 Å². The minimum absolute atomic E-state index is 0. The summed E-state index contributed by atoms with van der Waals surface area (Å²) in [5, 5.41) is 7.00. The number of ether oxygens (including phenoxy) is 1. The quantitative estimate of drug-likeness (QED) is 0.280. The Morgan fingerprint density at radius 1 is 1.16 bits per heavy atom. The number of rotatable bonds is 7. The maximum atomic E-state index is 5.64. The average molecular weight is 459 g/mol. The summed E-state index contributed by atoms with van der Waals surface area (Å²) in [5.74, 6) is 0.908. The van der Waals surface area contributed by atoms with Crippen molar-refractivity contribution in [1.29, 1.82) is 0 Å². The van der Waals surface area contributed by atoms with Crippen molar-refractivity contribution in [2.24, 2.45) is 4.99 Å². The molecule has 1 aliphatic rings. The van der Waals surface area contributed by atoms with Crippen molar-refractivity contribution in [2.45, 2.75) is 51.4 Å². The third kappa shape index (κ3) is 6.44. The predicted octanol–water partition coefficient (Wildman–Crippen LogP) is 4.02. The van der Waals surface area contributed by atoms with E-state index in [1.165, 1.54) is 30.4 Å². The predicted molar refractivity (Wildman–Crippen MR) is 117 cm³/mol. The van der Waals surface area contributed by atoms with Crippen molar-refractivity contribution in [2.75, 3.05) is 33.4 Å². The van der Waals surface area contributed by atoms with Gasteiger partial charge in [0.05, 0.1) is 0 Å². The van der Waals surface area contributed by atoms with E-state index in [-0.39, 0.29) is 29.4 Å². The van der Waals surface area contributed by atoms with Gasteiger partial charge in [-0.2, -0.15) is 0 Å². The zero-order valence-electron chi connectivity index (χ0n) is 15.9. The molecule has 1 heterocycles. The van der Waals surface area contributed by atoms with E-state index in [1.54, 1.807) is 0 Å².